The van der Waals surface area contributed by atoms with Crippen LogP contribution in [0.5, 0.6) is 5.75 Å². The number of ether oxygens (including phenoxy) is 1. The summed E-state index contributed by atoms with van der Waals surface area (Å²) in [6.45, 7) is 2.99. The molecule has 0 fully saturated rings. The smallest absolute Gasteiger partial charge is 0.116 e. The maximum atomic E-state index is 9.92. The van der Waals surface area contributed by atoms with Crippen LogP contribution in [0.4, 0.5) is 0 Å². The van der Waals surface area contributed by atoms with Crippen LogP contribution in [0.15, 0.2) is 48.5 Å². The fourth-order valence-electron chi connectivity index (χ4n) is 5.07. The molecule has 0 saturated carbocycles. The molecule has 4 nitrogen and oxygen atoms in total. The number of H-pyrrole nitrogens is 1. The monoisotopic (exact) mass is 392 g/mol. The van der Waals surface area contributed by atoms with Crippen molar-refractivity contribution in [2.75, 3.05) is 20.7 Å². The first-order valence-corrected chi connectivity index (χ1v) is 10.7. The fraction of sp³-hybridized carbons (Fsp3) is 0.440. The first-order chi connectivity index (χ1) is 14.0. The lowest BCUT2D eigenvalue weighted by Crippen LogP contribution is -2.42. The van der Waals surface area contributed by atoms with Gasteiger partial charge in [-0.05, 0) is 69.1 Å². The summed E-state index contributed by atoms with van der Waals surface area (Å²) in [6, 6.07) is 16.5. The Hall–Kier alpha value is -2.30. The second-order valence-corrected chi connectivity index (χ2v) is 8.44. The van der Waals surface area contributed by atoms with E-state index in [4.69, 9.17) is 4.74 Å². The summed E-state index contributed by atoms with van der Waals surface area (Å²) in [5.74, 6) is 0.320. The van der Waals surface area contributed by atoms with Crippen LogP contribution in [0, 0.1) is 0 Å². The van der Waals surface area contributed by atoms with Gasteiger partial charge in [0.2, 0.25) is 0 Å². The van der Waals surface area contributed by atoms with Crippen LogP contribution < -0.4 is 0 Å². The van der Waals surface area contributed by atoms with Crippen molar-refractivity contribution in [1.82, 2.24) is 9.88 Å². The molecule has 1 aliphatic heterocycles. The summed E-state index contributed by atoms with van der Waals surface area (Å²) in [5, 5.41) is 11.1. The van der Waals surface area contributed by atoms with E-state index < -0.39 is 0 Å². The molecule has 29 heavy (non-hydrogen) atoms. The van der Waals surface area contributed by atoms with Gasteiger partial charge in [0.15, 0.2) is 0 Å². The van der Waals surface area contributed by atoms with E-state index in [-0.39, 0.29) is 11.6 Å². The molecule has 1 aliphatic rings. The summed E-state index contributed by atoms with van der Waals surface area (Å²) < 4.78 is 6.24. The van der Waals surface area contributed by atoms with Crippen molar-refractivity contribution >= 4 is 10.9 Å². The lowest BCUT2D eigenvalue weighted by Gasteiger charge is -2.42. The molecule has 2 heterocycles. The van der Waals surface area contributed by atoms with Gasteiger partial charge in [0.1, 0.15) is 5.75 Å². The topological polar surface area (TPSA) is 48.5 Å². The van der Waals surface area contributed by atoms with Gasteiger partial charge in [-0.25, -0.2) is 0 Å². The highest BCUT2D eigenvalue weighted by atomic mass is 16.5. The summed E-state index contributed by atoms with van der Waals surface area (Å²) in [6.07, 6.45) is 5.19. The molecule has 2 N–H and O–H groups in total. The van der Waals surface area contributed by atoms with Crippen LogP contribution >= 0.6 is 0 Å². The Morgan fingerprint density at radius 1 is 1.14 bits per heavy atom. The van der Waals surface area contributed by atoms with E-state index in [1.165, 1.54) is 16.8 Å². The Bertz CT molecular complexity index is 964. The maximum Gasteiger partial charge on any atom is 0.116 e. The molecule has 0 saturated heterocycles. The van der Waals surface area contributed by atoms with Gasteiger partial charge < -0.3 is 14.8 Å². The number of hydrogen-bond acceptors (Lipinski definition) is 3. The van der Waals surface area contributed by atoms with Gasteiger partial charge in [-0.15, -0.1) is 0 Å². The Labute approximate surface area is 173 Å². The van der Waals surface area contributed by atoms with Crippen molar-refractivity contribution in [3.63, 3.8) is 0 Å². The van der Waals surface area contributed by atoms with Gasteiger partial charge >= 0.3 is 0 Å². The van der Waals surface area contributed by atoms with E-state index in [2.05, 4.69) is 61.2 Å². The number of aromatic nitrogens is 1. The van der Waals surface area contributed by atoms with E-state index in [0.29, 0.717) is 5.75 Å². The minimum Gasteiger partial charge on any atom is -0.508 e. The molecule has 0 radical (unpaired) electrons. The molecule has 1 aromatic heterocycles. The largest absolute Gasteiger partial charge is 0.508 e. The highest BCUT2D eigenvalue weighted by Gasteiger charge is 2.35. The Morgan fingerprint density at radius 3 is 2.66 bits per heavy atom. The number of phenols is 1. The average molecular weight is 393 g/mol. The number of nitrogens with zero attached hydrogens (tertiary/aromatic N) is 1. The number of fused-ring (bicyclic) bond motifs is 3. The molecule has 2 atom stereocenters. The van der Waals surface area contributed by atoms with Crippen LogP contribution in [0.25, 0.3) is 10.9 Å². The summed E-state index contributed by atoms with van der Waals surface area (Å²) >= 11 is 0. The third-order valence-electron chi connectivity index (χ3n) is 6.57. The first-order valence-electron chi connectivity index (χ1n) is 10.7. The number of benzene rings is 2. The summed E-state index contributed by atoms with van der Waals surface area (Å²) in [4.78, 5) is 5.97. The molecular formula is C25H32N2O2. The van der Waals surface area contributed by atoms with Gasteiger partial charge in [0.05, 0.1) is 12.7 Å². The van der Waals surface area contributed by atoms with Crippen LogP contribution in [0.3, 0.4) is 0 Å². The summed E-state index contributed by atoms with van der Waals surface area (Å²) in [7, 11) is 4.39. The lowest BCUT2D eigenvalue weighted by molar-refractivity contribution is 0.0158. The van der Waals surface area contributed by atoms with E-state index in [1.54, 1.807) is 6.07 Å². The number of hydrogen-bond donors (Lipinski definition) is 2. The van der Waals surface area contributed by atoms with Gasteiger partial charge in [-0.2, -0.15) is 0 Å². The number of aromatic hydroxyl groups is 1. The van der Waals surface area contributed by atoms with Crippen molar-refractivity contribution in [2.24, 2.45) is 0 Å². The van der Waals surface area contributed by atoms with Gasteiger partial charge in [-0.3, -0.25) is 4.90 Å². The SMILES string of the molecule is CCCC(CCC1OCCc2c1[nH]c1ccc(O)cc21)(c1ccccc1)N(C)C. The molecule has 154 valence electrons. The normalized spacial score (nSPS) is 18.7. The highest BCUT2D eigenvalue weighted by molar-refractivity contribution is 5.86. The van der Waals surface area contributed by atoms with Crippen LogP contribution in [0.1, 0.15) is 55.5 Å². The van der Waals surface area contributed by atoms with Crippen molar-refractivity contribution < 1.29 is 9.84 Å². The number of aromatic amines is 1. The Balaban J connectivity index is 1.65. The standard InChI is InChI=1S/C25H32N2O2/c1-4-14-25(27(2)3,18-8-6-5-7-9-18)15-12-23-24-20(13-16-29-23)21-17-19(28)10-11-22(21)26-24/h5-11,17,23,26,28H,4,12-16H2,1-3H3. The maximum absolute atomic E-state index is 9.92. The minimum absolute atomic E-state index is 0.00125. The highest BCUT2D eigenvalue weighted by Crippen LogP contribution is 2.42. The van der Waals surface area contributed by atoms with Gasteiger partial charge in [0.25, 0.3) is 0 Å². The average Bonchev–Trinajstić information content (AvgIpc) is 3.10. The second kappa shape index (κ2) is 8.21. The molecule has 0 amide bonds. The van der Waals surface area contributed by atoms with Crippen LogP contribution in [0.2, 0.25) is 0 Å². The molecule has 4 rings (SSSR count). The zero-order valence-corrected chi connectivity index (χ0v) is 17.7. The van der Waals surface area contributed by atoms with Gasteiger partial charge in [-0.1, -0.05) is 43.7 Å². The van der Waals surface area contributed by atoms with E-state index in [9.17, 15) is 5.11 Å². The van der Waals surface area contributed by atoms with E-state index in [1.807, 2.05) is 12.1 Å². The first kappa shape index (κ1) is 20.0. The molecule has 0 spiro atoms. The van der Waals surface area contributed by atoms with Crippen LogP contribution in [-0.2, 0) is 16.7 Å². The van der Waals surface area contributed by atoms with Crippen molar-refractivity contribution in [2.45, 2.75) is 50.7 Å². The molecular weight excluding hydrogens is 360 g/mol. The van der Waals surface area contributed by atoms with Gasteiger partial charge in [0, 0.05) is 22.1 Å². The van der Waals surface area contributed by atoms with Crippen molar-refractivity contribution in [1.29, 1.82) is 0 Å². The van der Waals surface area contributed by atoms with E-state index >= 15 is 0 Å². The number of phenolic OH excluding ortho intramolecular Hbond substituents is 1. The van der Waals surface area contributed by atoms with Crippen LogP contribution in [-0.4, -0.2) is 35.7 Å². The van der Waals surface area contributed by atoms with Crippen molar-refractivity contribution in [3.8, 4) is 5.75 Å². The minimum atomic E-state index is 0.00125. The number of nitrogens with one attached hydrogen (secondary N) is 1. The predicted octanol–water partition coefficient (Wildman–Crippen LogP) is 5.52. The quantitative estimate of drug-likeness (QED) is 0.556. The zero-order valence-electron chi connectivity index (χ0n) is 17.7. The predicted molar refractivity (Wildman–Crippen MR) is 118 cm³/mol. The third-order valence-corrected chi connectivity index (χ3v) is 6.57. The lowest BCUT2D eigenvalue weighted by atomic mass is 9.79. The Morgan fingerprint density at radius 2 is 1.93 bits per heavy atom. The molecule has 0 bridgehead atoms. The fourth-order valence-corrected chi connectivity index (χ4v) is 5.07. The van der Waals surface area contributed by atoms with E-state index in [0.717, 1.165) is 49.6 Å². The summed E-state index contributed by atoms with van der Waals surface area (Å²) in [5.41, 5.74) is 4.96. The molecule has 0 aliphatic carbocycles. The third kappa shape index (κ3) is 3.67. The number of rotatable bonds is 7. The van der Waals surface area contributed by atoms with Crippen molar-refractivity contribution in [3.05, 3.63) is 65.4 Å². The second-order valence-electron chi connectivity index (χ2n) is 8.44. The molecule has 2 unspecified atom stereocenters. The molecule has 4 heteroatoms. The molecule has 3 aromatic rings. The molecule has 2 aromatic carbocycles. The zero-order chi connectivity index (χ0) is 20.4. The Kier molecular flexibility index (Phi) is 5.66.